The Morgan fingerprint density at radius 2 is 2.05 bits per heavy atom. The highest BCUT2D eigenvalue weighted by molar-refractivity contribution is 9.10. The van der Waals surface area contributed by atoms with Crippen LogP contribution in [-0.2, 0) is 0 Å². The number of carbonyl (C=O) groups excluding carboxylic acids is 1. The van der Waals surface area contributed by atoms with Crippen LogP contribution in [0.25, 0.3) is 0 Å². The van der Waals surface area contributed by atoms with Crippen LogP contribution in [0.4, 0.5) is 10.1 Å². The summed E-state index contributed by atoms with van der Waals surface area (Å²) in [5.41, 5.74) is 0.197. The van der Waals surface area contributed by atoms with Crippen LogP contribution in [0.15, 0.2) is 40.9 Å². The fourth-order valence-electron chi connectivity index (χ4n) is 1.47. The van der Waals surface area contributed by atoms with Gasteiger partial charge in [-0.3, -0.25) is 4.79 Å². The van der Waals surface area contributed by atoms with E-state index in [2.05, 4.69) is 21.2 Å². The summed E-state index contributed by atoms with van der Waals surface area (Å²) in [4.78, 5) is 11.9. The molecule has 0 bridgehead atoms. The van der Waals surface area contributed by atoms with E-state index in [0.717, 1.165) is 0 Å². The van der Waals surface area contributed by atoms with E-state index < -0.39 is 11.7 Å². The van der Waals surface area contributed by atoms with Gasteiger partial charge < -0.3 is 10.4 Å². The summed E-state index contributed by atoms with van der Waals surface area (Å²) in [6.07, 6.45) is 0. The van der Waals surface area contributed by atoms with Crippen molar-refractivity contribution in [3.05, 3.63) is 57.3 Å². The van der Waals surface area contributed by atoms with E-state index in [1.807, 2.05) is 0 Å². The molecule has 6 heteroatoms. The molecule has 0 aliphatic carbocycles. The lowest BCUT2D eigenvalue weighted by Crippen LogP contribution is -2.14. The van der Waals surface area contributed by atoms with Crippen molar-refractivity contribution in [2.45, 2.75) is 0 Å². The molecular formula is C13H8BrClFNO2. The van der Waals surface area contributed by atoms with Crippen LogP contribution in [-0.4, -0.2) is 11.0 Å². The van der Waals surface area contributed by atoms with E-state index in [1.54, 1.807) is 6.07 Å². The number of amides is 1. The predicted octanol–water partition coefficient (Wildman–Crippen LogP) is 4.20. The molecule has 0 aliphatic rings. The molecule has 0 aliphatic heterocycles. The molecule has 0 saturated carbocycles. The second-order valence-electron chi connectivity index (χ2n) is 3.72. The first-order chi connectivity index (χ1) is 8.99. The summed E-state index contributed by atoms with van der Waals surface area (Å²) in [5, 5.41) is 11.9. The highest BCUT2D eigenvalue weighted by Gasteiger charge is 2.15. The topological polar surface area (TPSA) is 49.3 Å². The fraction of sp³-hybridized carbons (Fsp3) is 0. The minimum Gasteiger partial charge on any atom is -0.508 e. The summed E-state index contributed by atoms with van der Waals surface area (Å²) < 4.78 is 13.9. The normalized spacial score (nSPS) is 10.3. The molecule has 0 atom stereocenters. The average Bonchev–Trinajstić information content (AvgIpc) is 2.36. The molecule has 98 valence electrons. The zero-order chi connectivity index (χ0) is 14.0. The van der Waals surface area contributed by atoms with Crippen molar-refractivity contribution in [1.29, 1.82) is 0 Å². The first-order valence-electron chi connectivity index (χ1n) is 5.23. The van der Waals surface area contributed by atoms with E-state index in [0.29, 0.717) is 5.69 Å². The Bertz CT molecular complexity index is 649. The third kappa shape index (κ3) is 3.05. The van der Waals surface area contributed by atoms with Gasteiger partial charge in [0.2, 0.25) is 0 Å². The summed E-state index contributed by atoms with van der Waals surface area (Å²) in [6.45, 7) is 0. The fourth-order valence-corrected chi connectivity index (χ4v) is 2.06. The SMILES string of the molecule is O=C(Nc1ccc(O)cc1Cl)c1cccc(Br)c1F. The lowest BCUT2D eigenvalue weighted by molar-refractivity contribution is 0.102. The maximum absolute atomic E-state index is 13.7. The maximum atomic E-state index is 13.7. The van der Waals surface area contributed by atoms with Crippen molar-refractivity contribution in [3.8, 4) is 5.75 Å². The van der Waals surface area contributed by atoms with Gasteiger partial charge in [-0.25, -0.2) is 4.39 Å². The molecule has 0 spiro atoms. The van der Waals surface area contributed by atoms with Crippen LogP contribution < -0.4 is 5.32 Å². The third-order valence-electron chi connectivity index (χ3n) is 2.40. The smallest absolute Gasteiger partial charge is 0.258 e. The van der Waals surface area contributed by atoms with Crippen molar-refractivity contribution in [2.75, 3.05) is 5.32 Å². The van der Waals surface area contributed by atoms with Crippen LogP contribution in [0.5, 0.6) is 5.75 Å². The number of halogens is 3. The molecule has 3 nitrogen and oxygen atoms in total. The lowest BCUT2D eigenvalue weighted by atomic mass is 10.2. The number of phenolic OH excluding ortho intramolecular Hbond substituents is 1. The molecule has 0 saturated heterocycles. The second-order valence-corrected chi connectivity index (χ2v) is 4.98. The van der Waals surface area contributed by atoms with E-state index in [9.17, 15) is 14.3 Å². The van der Waals surface area contributed by atoms with Crippen molar-refractivity contribution in [2.24, 2.45) is 0 Å². The number of carbonyl (C=O) groups is 1. The van der Waals surface area contributed by atoms with Crippen LogP contribution in [0.1, 0.15) is 10.4 Å². The molecule has 2 N–H and O–H groups in total. The molecular weight excluding hydrogens is 337 g/mol. The van der Waals surface area contributed by atoms with Crippen molar-refractivity contribution in [3.63, 3.8) is 0 Å². The summed E-state index contributed by atoms with van der Waals surface area (Å²) in [6, 6.07) is 8.52. The Balaban J connectivity index is 2.28. The van der Waals surface area contributed by atoms with Crippen LogP contribution in [0.3, 0.4) is 0 Å². The number of anilines is 1. The number of phenols is 1. The van der Waals surface area contributed by atoms with Gasteiger partial charge in [0.1, 0.15) is 11.6 Å². The minimum absolute atomic E-state index is 0.0170. The van der Waals surface area contributed by atoms with Crippen molar-refractivity contribution >= 4 is 39.1 Å². The highest BCUT2D eigenvalue weighted by atomic mass is 79.9. The largest absolute Gasteiger partial charge is 0.508 e. The van der Waals surface area contributed by atoms with Gasteiger partial charge in [0.05, 0.1) is 20.7 Å². The molecule has 1 amide bonds. The van der Waals surface area contributed by atoms with Crippen LogP contribution >= 0.6 is 27.5 Å². The summed E-state index contributed by atoms with van der Waals surface area (Å²) in [7, 11) is 0. The standard InChI is InChI=1S/C13H8BrClFNO2/c14-9-3-1-2-8(12(9)16)13(19)17-11-5-4-7(18)6-10(11)15/h1-6,18H,(H,17,19). The molecule has 0 heterocycles. The van der Waals surface area contributed by atoms with Crippen LogP contribution in [0.2, 0.25) is 5.02 Å². The highest BCUT2D eigenvalue weighted by Crippen LogP contribution is 2.27. The minimum atomic E-state index is -0.644. The number of aromatic hydroxyl groups is 1. The first kappa shape index (κ1) is 13.8. The van der Waals surface area contributed by atoms with Gasteiger partial charge in [-0.15, -0.1) is 0 Å². The van der Waals surface area contributed by atoms with E-state index in [4.69, 9.17) is 11.6 Å². The molecule has 2 aromatic rings. The molecule has 0 unspecified atom stereocenters. The molecule has 2 aromatic carbocycles. The third-order valence-corrected chi connectivity index (χ3v) is 3.32. The molecule has 0 radical (unpaired) electrons. The van der Waals surface area contributed by atoms with E-state index >= 15 is 0 Å². The number of nitrogens with one attached hydrogen (secondary N) is 1. The van der Waals surface area contributed by atoms with Gasteiger partial charge in [-0.05, 0) is 40.2 Å². The van der Waals surface area contributed by atoms with Gasteiger partial charge in [0.15, 0.2) is 0 Å². The number of hydrogen-bond acceptors (Lipinski definition) is 2. The van der Waals surface area contributed by atoms with Crippen molar-refractivity contribution in [1.82, 2.24) is 0 Å². The Hall–Kier alpha value is -1.59. The number of benzene rings is 2. The van der Waals surface area contributed by atoms with Gasteiger partial charge >= 0.3 is 0 Å². The summed E-state index contributed by atoms with van der Waals surface area (Å²) >= 11 is 8.86. The van der Waals surface area contributed by atoms with Gasteiger partial charge in [-0.1, -0.05) is 17.7 Å². The van der Waals surface area contributed by atoms with Crippen LogP contribution in [0, 0.1) is 5.82 Å². The second kappa shape index (κ2) is 5.59. The average molecular weight is 345 g/mol. The van der Waals surface area contributed by atoms with Crippen molar-refractivity contribution < 1.29 is 14.3 Å². The zero-order valence-electron chi connectivity index (χ0n) is 9.45. The molecule has 19 heavy (non-hydrogen) atoms. The number of hydrogen-bond donors (Lipinski definition) is 2. The molecule has 0 aromatic heterocycles. The Labute approximate surface area is 122 Å². The van der Waals surface area contributed by atoms with Gasteiger partial charge in [-0.2, -0.15) is 0 Å². The Morgan fingerprint density at radius 1 is 1.32 bits per heavy atom. The Morgan fingerprint density at radius 3 is 2.74 bits per heavy atom. The van der Waals surface area contributed by atoms with Gasteiger partial charge in [0, 0.05) is 6.07 Å². The molecule has 2 rings (SSSR count). The maximum Gasteiger partial charge on any atom is 0.258 e. The quantitative estimate of drug-likeness (QED) is 0.802. The summed E-state index contributed by atoms with van der Waals surface area (Å²) in [5.74, 6) is -1.28. The predicted molar refractivity (Wildman–Crippen MR) is 75.2 cm³/mol. The monoisotopic (exact) mass is 343 g/mol. The Kier molecular flexibility index (Phi) is 4.07. The lowest BCUT2D eigenvalue weighted by Gasteiger charge is -2.08. The van der Waals surface area contributed by atoms with E-state index in [1.165, 1.54) is 30.3 Å². The zero-order valence-corrected chi connectivity index (χ0v) is 11.8. The number of rotatable bonds is 2. The van der Waals surface area contributed by atoms with E-state index in [-0.39, 0.29) is 20.8 Å². The van der Waals surface area contributed by atoms with Gasteiger partial charge in [0.25, 0.3) is 5.91 Å². The molecule has 0 fully saturated rings. The first-order valence-corrected chi connectivity index (χ1v) is 6.40.